The molecular weight excluding hydrogens is 322 g/mol. The fourth-order valence-corrected chi connectivity index (χ4v) is 4.37. The monoisotopic (exact) mass is 345 g/mol. The largest absolute Gasteiger partial charge is 0.393 e. The van der Waals surface area contributed by atoms with Gasteiger partial charge in [0, 0.05) is 32.4 Å². The highest BCUT2D eigenvalue weighted by molar-refractivity contribution is 5.87. The van der Waals surface area contributed by atoms with Crippen LogP contribution >= 0.6 is 0 Å². The molecule has 1 amide bonds. The molecule has 4 rings (SSSR count). The van der Waals surface area contributed by atoms with E-state index in [0.717, 1.165) is 29.7 Å². The number of hydrogen-bond donors (Lipinski definition) is 3. The first-order valence-corrected chi connectivity index (χ1v) is 8.67. The maximum absolute atomic E-state index is 12.0. The van der Waals surface area contributed by atoms with Gasteiger partial charge in [0.05, 0.1) is 12.0 Å². The number of nitrogens with one attached hydrogen (secondary N) is 1. The standard InChI is InChI=1S/C17H23N5O3/c1-21(16-13-2-3-18-15(13)19-9-20-16)12-4-10-6-22(7-11(10)5-12)17(25)14(24)8-23/h2-3,9-12,14,23-24H,4-8H2,1H3,(H,18,19,20)/t10-,11+,12?,14?. The molecule has 1 aliphatic heterocycles. The molecule has 1 saturated heterocycles. The van der Waals surface area contributed by atoms with E-state index in [1.54, 1.807) is 11.2 Å². The second kappa shape index (κ2) is 6.27. The predicted octanol–water partition coefficient (Wildman–Crippen LogP) is -0.0157. The van der Waals surface area contributed by atoms with Gasteiger partial charge < -0.3 is 25.0 Å². The van der Waals surface area contributed by atoms with Crippen LogP contribution in [0, 0.1) is 11.8 Å². The minimum Gasteiger partial charge on any atom is -0.393 e. The quantitative estimate of drug-likeness (QED) is 0.719. The third kappa shape index (κ3) is 2.75. The van der Waals surface area contributed by atoms with Crippen molar-refractivity contribution in [3.05, 3.63) is 18.6 Å². The molecule has 134 valence electrons. The Morgan fingerprint density at radius 3 is 2.80 bits per heavy atom. The Morgan fingerprint density at radius 1 is 1.40 bits per heavy atom. The molecule has 3 heterocycles. The van der Waals surface area contributed by atoms with Gasteiger partial charge in [-0.25, -0.2) is 9.97 Å². The van der Waals surface area contributed by atoms with E-state index in [2.05, 4.69) is 26.9 Å². The van der Waals surface area contributed by atoms with Gasteiger partial charge in [-0.1, -0.05) is 0 Å². The number of aliphatic hydroxyl groups excluding tert-OH is 2. The van der Waals surface area contributed by atoms with Crippen LogP contribution in [0.3, 0.4) is 0 Å². The minimum absolute atomic E-state index is 0.355. The van der Waals surface area contributed by atoms with Crippen LogP contribution in [-0.4, -0.2) is 74.9 Å². The average Bonchev–Trinajstić information content (AvgIpc) is 3.32. The van der Waals surface area contributed by atoms with Crippen molar-refractivity contribution < 1.29 is 15.0 Å². The molecule has 0 aromatic carbocycles. The van der Waals surface area contributed by atoms with Gasteiger partial charge >= 0.3 is 0 Å². The summed E-state index contributed by atoms with van der Waals surface area (Å²) in [6.45, 7) is 0.804. The van der Waals surface area contributed by atoms with Gasteiger partial charge in [-0.05, 0) is 30.7 Å². The zero-order valence-electron chi connectivity index (χ0n) is 14.2. The van der Waals surface area contributed by atoms with Gasteiger partial charge in [0.2, 0.25) is 0 Å². The summed E-state index contributed by atoms with van der Waals surface area (Å²) in [6, 6.07) is 2.37. The number of hydrogen-bond acceptors (Lipinski definition) is 6. The number of carbonyl (C=O) groups is 1. The minimum atomic E-state index is -1.29. The van der Waals surface area contributed by atoms with Crippen LogP contribution in [0.15, 0.2) is 18.6 Å². The summed E-state index contributed by atoms with van der Waals surface area (Å²) in [6.07, 6.45) is 4.15. The maximum atomic E-state index is 12.0. The number of anilines is 1. The van der Waals surface area contributed by atoms with Crippen LogP contribution < -0.4 is 4.90 Å². The van der Waals surface area contributed by atoms with E-state index in [1.165, 1.54) is 0 Å². The van der Waals surface area contributed by atoms with E-state index in [0.29, 0.717) is 31.0 Å². The molecule has 8 nitrogen and oxygen atoms in total. The van der Waals surface area contributed by atoms with E-state index < -0.39 is 12.7 Å². The second-order valence-electron chi connectivity index (χ2n) is 7.14. The molecule has 2 aromatic rings. The first-order valence-electron chi connectivity index (χ1n) is 8.67. The zero-order chi connectivity index (χ0) is 17.6. The van der Waals surface area contributed by atoms with E-state index in [-0.39, 0.29) is 5.91 Å². The van der Waals surface area contributed by atoms with Crippen molar-refractivity contribution in [3.8, 4) is 0 Å². The molecule has 8 heteroatoms. The molecule has 0 bridgehead atoms. The van der Waals surface area contributed by atoms with Gasteiger partial charge in [-0.3, -0.25) is 4.79 Å². The number of aliphatic hydroxyl groups is 2. The maximum Gasteiger partial charge on any atom is 0.253 e. The van der Waals surface area contributed by atoms with Crippen molar-refractivity contribution in [1.82, 2.24) is 19.9 Å². The Balaban J connectivity index is 1.45. The fraction of sp³-hybridized carbons (Fsp3) is 0.588. The van der Waals surface area contributed by atoms with Crippen molar-refractivity contribution in [2.75, 3.05) is 31.6 Å². The van der Waals surface area contributed by atoms with Crippen molar-refractivity contribution in [2.24, 2.45) is 11.8 Å². The Hall–Kier alpha value is -2.19. The van der Waals surface area contributed by atoms with Crippen LogP contribution in [0.25, 0.3) is 11.0 Å². The molecule has 0 spiro atoms. The first-order chi connectivity index (χ1) is 12.1. The van der Waals surface area contributed by atoms with Crippen LogP contribution in [-0.2, 0) is 4.79 Å². The number of aromatic nitrogens is 3. The number of nitrogens with zero attached hydrogens (tertiary/aromatic N) is 4. The summed E-state index contributed by atoms with van der Waals surface area (Å²) in [5.41, 5.74) is 0.838. The lowest BCUT2D eigenvalue weighted by molar-refractivity contribution is -0.141. The SMILES string of the molecule is CN(c1ncnc2[nH]ccc12)C1C[C@@H]2CN(C(=O)C(O)CO)C[C@@H]2C1. The summed E-state index contributed by atoms with van der Waals surface area (Å²) in [7, 11) is 2.07. The first kappa shape index (κ1) is 16.3. The summed E-state index contributed by atoms with van der Waals surface area (Å²) in [4.78, 5) is 27.8. The Bertz CT molecular complexity index is 764. The van der Waals surface area contributed by atoms with Gasteiger partial charge in [0.25, 0.3) is 5.91 Å². The molecule has 25 heavy (non-hydrogen) atoms. The van der Waals surface area contributed by atoms with Gasteiger partial charge in [0.15, 0.2) is 6.10 Å². The van der Waals surface area contributed by atoms with Crippen LogP contribution in [0.5, 0.6) is 0 Å². The summed E-state index contributed by atoms with van der Waals surface area (Å²) in [5.74, 6) is 1.45. The molecule has 1 aliphatic carbocycles. The molecule has 4 atom stereocenters. The molecule has 2 aliphatic rings. The number of fused-ring (bicyclic) bond motifs is 2. The molecular formula is C17H23N5O3. The van der Waals surface area contributed by atoms with E-state index >= 15 is 0 Å². The van der Waals surface area contributed by atoms with Crippen LogP contribution in [0.4, 0.5) is 5.82 Å². The molecule has 2 aromatic heterocycles. The molecule has 1 saturated carbocycles. The Kier molecular flexibility index (Phi) is 4.09. The normalized spacial score (nSPS) is 26.8. The van der Waals surface area contributed by atoms with E-state index in [9.17, 15) is 9.90 Å². The number of aromatic amines is 1. The van der Waals surface area contributed by atoms with Crippen LogP contribution in [0.2, 0.25) is 0 Å². The molecule has 2 fully saturated rings. The zero-order valence-corrected chi connectivity index (χ0v) is 14.2. The third-order valence-electron chi connectivity index (χ3n) is 5.71. The van der Waals surface area contributed by atoms with E-state index in [1.807, 2.05) is 12.3 Å². The topological polar surface area (TPSA) is 106 Å². The number of carbonyl (C=O) groups excluding carboxylic acids is 1. The van der Waals surface area contributed by atoms with Crippen molar-refractivity contribution in [1.29, 1.82) is 0 Å². The summed E-state index contributed by atoms with van der Waals surface area (Å²) >= 11 is 0. The number of amides is 1. The second-order valence-corrected chi connectivity index (χ2v) is 7.14. The Labute approximate surface area is 145 Å². The average molecular weight is 345 g/mol. The van der Waals surface area contributed by atoms with Gasteiger partial charge in [-0.15, -0.1) is 0 Å². The Morgan fingerprint density at radius 2 is 2.12 bits per heavy atom. The van der Waals surface area contributed by atoms with Crippen molar-refractivity contribution in [2.45, 2.75) is 25.0 Å². The van der Waals surface area contributed by atoms with E-state index in [4.69, 9.17) is 5.11 Å². The third-order valence-corrected chi connectivity index (χ3v) is 5.71. The van der Waals surface area contributed by atoms with Crippen molar-refractivity contribution in [3.63, 3.8) is 0 Å². The summed E-state index contributed by atoms with van der Waals surface area (Å²) < 4.78 is 0. The summed E-state index contributed by atoms with van der Waals surface area (Å²) in [5, 5.41) is 19.5. The highest BCUT2D eigenvalue weighted by Crippen LogP contribution is 2.41. The van der Waals surface area contributed by atoms with Crippen molar-refractivity contribution >= 4 is 22.8 Å². The number of likely N-dealkylation sites (tertiary alicyclic amines) is 1. The number of rotatable bonds is 4. The predicted molar refractivity (Wildman–Crippen MR) is 92.0 cm³/mol. The van der Waals surface area contributed by atoms with Gasteiger partial charge in [-0.2, -0.15) is 0 Å². The lowest BCUT2D eigenvalue weighted by Crippen LogP contribution is -2.41. The van der Waals surface area contributed by atoms with Gasteiger partial charge in [0.1, 0.15) is 17.8 Å². The fourth-order valence-electron chi connectivity index (χ4n) is 4.37. The highest BCUT2D eigenvalue weighted by Gasteiger charge is 2.44. The lowest BCUT2D eigenvalue weighted by Gasteiger charge is -2.28. The smallest absolute Gasteiger partial charge is 0.253 e. The highest BCUT2D eigenvalue weighted by atomic mass is 16.3. The molecule has 2 unspecified atom stereocenters. The van der Waals surface area contributed by atoms with Crippen LogP contribution in [0.1, 0.15) is 12.8 Å². The lowest BCUT2D eigenvalue weighted by atomic mass is 10.0. The molecule has 0 radical (unpaired) electrons. The molecule has 3 N–H and O–H groups in total. The number of H-pyrrole nitrogens is 1.